The Morgan fingerprint density at radius 1 is 1.04 bits per heavy atom. The molecule has 28 heavy (non-hydrogen) atoms. The van der Waals surface area contributed by atoms with E-state index in [-0.39, 0.29) is 17.4 Å². The summed E-state index contributed by atoms with van der Waals surface area (Å²) in [4.78, 5) is 36.9. The smallest absolute Gasteiger partial charge is 0.251 e. The van der Waals surface area contributed by atoms with Gasteiger partial charge in [0.15, 0.2) is 0 Å². The van der Waals surface area contributed by atoms with E-state index in [1.807, 2.05) is 11.8 Å². The maximum Gasteiger partial charge on any atom is 0.251 e. The number of likely N-dealkylation sites (tertiary alicyclic amines) is 2. The third kappa shape index (κ3) is 4.48. The Hall–Kier alpha value is -1.69. The number of aromatic amines is 1. The molecule has 0 radical (unpaired) electrons. The van der Waals surface area contributed by atoms with Crippen LogP contribution in [0.15, 0.2) is 10.9 Å². The second-order valence-electron chi connectivity index (χ2n) is 8.98. The standard InChI is InChI=1S/C22H34N4O2/c1-16-23-20(14-21(27)24-16)18-6-5-11-26(15-18)22(28)17-9-12-25(13-10-17)19-7-3-2-4-8-19/h14,17-19H,2-13,15H2,1H3,(H,23,24,27)/t18-/m1/s1. The van der Waals surface area contributed by atoms with Gasteiger partial charge in [-0.3, -0.25) is 9.59 Å². The number of hydrogen-bond donors (Lipinski definition) is 1. The molecule has 4 rings (SSSR count). The average Bonchev–Trinajstić information content (AvgIpc) is 2.73. The maximum atomic E-state index is 13.2. The zero-order chi connectivity index (χ0) is 19.5. The molecule has 1 aromatic heterocycles. The third-order valence-electron chi connectivity index (χ3n) is 7.00. The Morgan fingerprint density at radius 3 is 2.50 bits per heavy atom. The van der Waals surface area contributed by atoms with Crippen LogP contribution in [0.3, 0.4) is 0 Å². The van der Waals surface area contributed by atoms with Crippen LogP contribution in [-0.2, 0) is 4.79 Å². The number of nitrogens with zero attached hydrogens (tertiary/aromatic N) is 3. The van der Waals surface area contributed by atoms with Gasteiger partial charge in [0.05, 0.1) is 5.69 Å². The summed E-state index contributed by atoms with van der Waals surface area (Å²) in [6.45, 7) is 5.52. The van der Waals surface area contributed by atoms with Crippen molar-refractivity contribution in [3.63, 3.8) is 0 Å². The topological polar surface area (TPSA) is 69.3 Å². The summed E-state index contributed by atoms with van der Waals surface area (Å²) < 4.78 is 0. The largest absolute Gasteiger partial charge is 0.342 e. The highest BCUT2D eigenvalue weighted by Gasteiger charge is 2.34. The van der Waals surface area contributed by atoms with Crippen molar-refractivity contribution < 1.29 is 4.79 Å². The zero-order valence-corrected chi connectivity index (χ0v) is 17.2. The van der Waals surface area contributed by atoms with E-state index in [1.165, 1.54) is 32.1 Å². The predicted molar refractivity (Wildman–Crippen MR) is 109 cm³/mol. The van der Waals surface area contributed by atoms with E-state index in [2.05, 4.69) is 14.9 Å². The molecule has 0 spiro atoms. The zero-order valence-electron chi connectivity index (χ0n) is 17.2. The molecule has 1 atom stereocenters. The lowest BCUT2D eigenvalue weighted by molar-refractivity contribution is -0.138. The molecule has 1 amide bonds. The van der Waals surface area contributed by atoms with Crippen LogP contribution in [0.1, 0.15) is 75.2 Å². The van der Waals surface area contributed by atoms with E-state index >= 15 is 0 Å². The van der Waals surface area contributed by atoms with Crippen molar-refractivity contribution in [3.8, 4) is 0 Å². The molecular formula is C22H34N4O2. The van der Waals surface area contributed by atoms with Gasteiger partial charge in [-0.15, -0.1) is 0 Å². The van der Waals surface area contributed by atoms with Crippen molar-refractivity contribution in [3.05, 3.63) is 27.9 Å². The fourth-order valence-electron chi connectivity index (χ4n) is 5.45. The SMILES string of the molecule is Cc1nc([C@@H]2CCCN(C(=O)C3CCN(C4CCCCC4)CC3)C2)cc(=O)[nH]1. The van der Waals surface area contributed by atoms with Gasteiger partial charge in [-0.25, -0.2) is 4.98 Å². The molecule has 2 saturated heterocycles. The number of piperidine rings is 2. The molecule has 6 nitrogen and oxygen atoms in total. The first-order chi connectivity index (χ1) is 13.6. The number of aromatic nitrogens is 2. The molecule has 3 fully saturated rings. The summed E-state index contributed by atoms with van der Waals surface area (Å²) in [6.07, 6.45) is 10.8. The molecule has 0 bridgehead atoms. The third-order valence-corrected chi connectivity index (χ3v) is 7.00. The molecule has 0 aromatic carbocycles. The molecule has 154 valence electrons. The first kappa shape index (κ1) is 19.6. The molecule has 1 N–H and O–H groups in total. The maximum absolute atomic E-state index is 13.2. The van der Waals surface area contributed by atoms with Gasteiger partial charge in [-0.05, 0) is 58.5 Å². The number of rotatable bonds is 3. The molecule has 3 aliphatic rings. The molecule has 3 heterocycles. The lowest BCUT2D eigenvalue weighted by Crippen LogP contribution is -2.48. The summed E-state index contributed by atoms with van der Waals surface area (Å²) in [7, 11) is 0. The summed E-state index contributed by atoms with van der Waals surface area (Å²) in [5, 5.41) is 0. The van der Waals surface area contributed by atoms with E-state index in [4.69, 9.17) is 0 Å². The normalized spacial score (nSPS) is 25.8. The van der Waals surface area contributed by atoms with Crippen molar-refractivity contribution >= 4 is 5.91 Å². The monoisotopic (exact) mass is 386 g/mol. The Morgan fingerprint density at radius 2 is 1.79 bits per heavy atom. The van der Waals surface area contributed by atoms with Gasteiger partial charge in [-0.1, -0.05) is 19.3 Å². The van der Waals surface area contributed by atoms with Gasteiger partial charge in [0.1, 0.15) is 5.82 Å². The van der Waals surface area contributed by atoms with Crippen LogP contribution in [-0.4, -0.2) is 57.9 Å². The minimum Gasteiger partial charge on any atom is -0.342 e. The Labute approximate surface area is 167 Å². The fourth-order valence-corrected chi connectivity index (χ4v) is 5.45. The number of carbonyl (C=O) groups excluding carboxylic acids is 1. The van der Waals surface area contributed by atoms with Gasteiger partial charge >= 0.3 is 0 Å². The lowest BCUT2D eigenvalue weighted by atomic mass is 9.88. The molecule has 0 unspecified atom stereocenters. The highest BCUT2D eigenvalue weighted by Crippen LogP contribution is 2.30. The van der Waals surface area contributed by atoms with Crippen molar-refractivity contribution in [1.82, 2.24) is 19.8 Å². The quantitative estimate of drug-likeness (QED) is 0.867. The van der Waals surface area contributed by atoms with Crippen LogP contribution in [0.4, 0.5) is 0 Å². The van der Waals surface area contributed by atoms with Crippen LogP contribution >= 0.6 is 0 Å². The van der Waals surface area contributed by atoms with Gasteiger partial charge in [0.2, 0.25) is 5.91 Å². The minimum atomic E-state index is -0.0963. The van der Waals surface area contributed by atoms with Gasteiger partial charge in [-0.2, -0.15) is 0 Å². The first-order valence-corrected chi connectivity index (χ1v) is 11.2. The Bertz CT molecular complexity index is 732. The van der Waals surface area contributed by atoms with E-state index in [9.17, 15) is 9.59 Å². The number of aryl methyl sites for hydroxylation is 1. The Kier molecular flexibility index (Phi) is 6.14. The fraction of sp³-hybridized carbons (Fsp3) is 0.773. The van der Waals surface area contributed by atoms with E-state index in [0.717, 1.165) is 57.1 Å². The van der Waals surface area contributed by atoms with E-state index in [0.29, 0.717) is 18.3 Å². The van der Waals surface area contributed by atoms with Crippen molar-refractivity contribution in [2.45, 2.75) is 76.7 Å². The van der Waals surface area contributed by atoms with Crippen molar-refractivity contribution in [1.29, 1.82) is 0 Å². The number of hydrogen-bond acceptors (Lipinski definition) is 4. The summed E-state index contributed by atoms with van der Waals surface area (Å²) >= 11 is 0. The van der Waals surface area contributed by atoms with Gasteiger partial charge in [0, 0.05) is 37.0 Å². The predicted octanol–water partition coefficient (Wildman–Crippen LogP) is 2.83. The average molecular weight is 387 g/mol. The summed E-state index contributed by atoms with van der Waals surface area (Å²) in [5.41, 5.74) is 0.743. The van der Waals surface area contributed by atoms with Gasteiger partial charge in [0.25, 0.3) is 5.56 Å². The lowest BCUT2D eigenvalue weighted by Gasteiger charge is -2.41. The van der Waals surface area contributed by atoms with Crippen molar-refractivity contribution in [2.75, 3.05) is 26.2 Å². The van der Waals surface area contributed by atoms with Crippen LogP contribution in [0.2, 0.25) is 0 Å². The minimum absolute atomic E-state index is 0.0963. The highest BCUT2D eigenvalue weighted by atomic mass is 16.2. The molecule has 1 saturated carbocycles. The van der Waals surface area contributed by atoms with Crippen LogP contribution in [0, 0.1) is 12.8 Å². The second kappa shape index (κ2) is 8.76. The van der Waals surface area contributed by atoms with Crippen LogP contribution < -0.4 is 5.56 Å². The summed E-state index contributed by atoms with van der Waals surface area (Å²) in [6, 6.07) is 2.36. The van der Waals surface area contributed by atoms with E-state index < -0.39 is 0 Å². The second-order valence-corrected chi connectivity index (χ2v) is 8.98. The first-order valence-electron chi connectivity index (χ1n) is 11.2. The highest BCUT2D eigenvalue weighted by molar-refractivity contribution is 5.79. The summed E-state index contributed by atoms with van der Waals surface area (Å²) in [5.74, 6) is 1.34. The van der Waals surface area contributed by atoms with Gasteiger partial charge < -0.3 is 14.8 Å². The number of nitrogens with one attached hydrogen (secondary N) is 1. The number of amides is 1. The molecule has 2 aliphatic heterocycles. The molecule has 1 aromatic rings. The van der Waals surface area contributed by atoms with Crippen LogP contribution in [0.25, 0.3) is 0 Å². The molecule has 6 heteroatoms. The Balaban J connectivity index is 1.34. The van der Waals surface area contributed by atoms with E-state index in [1.54, 1.807) is 6.07 Å². The molecular weight excluding hydrogens is 352 g/mol. The molecule has 1 aliphatic carbocycles. The van der Waals surface area contributed by atoms with Crippen molar-refractivity contribution in [2.24, 2.45) is 5.92 Å². The number of carbonyl (C=O) groups is 1. The number of H-pyrrole nitrogens is 1. The van der Waals surface area contributed by atoms with Crippen LogP contribution in [0.5, 0.6) is 0 Å².